The van der Waals surface area contributed by atoms with Crippen LogP contribution in [-0.4, -0.2) is 29.2 Å². The van der Waals surface area contributed by atoms with Gasteiger partial charge in [-0.25, -0.2) is 0 Å². The summed E-state index contributed by atoms with van der Waals surface area (Å²) in [6.07, 6.45) is -3.56. The van der Waals surface area contributed by atoms with Gasteiger partial charge in [-0.1, -0.05) is 12.2 Å². The number of rotatable bonds is 3. The maximum absolute atomic E-state index is 12.8. The molecular weight excluding hydrogens is 281 g/mol. The van der Waals surface area contributed by atoms with E-state index in [4.69, 9.17) is 5.73 Å². The van der Waals surface area contributed by atoms with Crippen molar-refractivity contribution in [3.63, 3.8) is 0 Å². The molecule has 7 heteroatoms. The van der Waals surface area contributed by atoms with Crippen molar-refractivity contribution in [1.82, 2.24) is 4.90 Å². The quantitative estimate of drug-likeness (QED) is 0.869. The molecule has 18 heavy (non-hydrogen) atoms. The number of thiocarbonyl (C=S) groups is 1. The molecule has 2 N–H and O–H groups in total. The summed E-state index contributed by atoms with van der Waals surface area (Å²) in [6.45, 7) is 1.03. The summed E-state index contributed by atoms with van der Waals surface area (Å²) in [7, 11) is 0. The van der Waals surface area contributed by atoms with Crippen LogP contribution in [0.15, 0.2) is 11.4 Å². The van der Waals surface area contributed by atoms with Crippen LogP contribution in [0.25, 0.3) is 0 Å². The van der Waals surface area contributed by atoms with Crippen LogP contribution < -0.4 is 5.73 Å². The van der Waals surface area contributed by atoms with Gasteiger partial charge < -0.3 is 5.73 Å². The van der Waals surface area contributed by atoms with E-state index >= 15 is 0 Å². The van der Waals surface area contributed by atoms with Crippen molar-refractivity contribution in [2.45, 2.75) is 19.1 Å². The van der Waals surface area contributed by atoms with Gasteiger partial charge in [0.25, 0.3) is 0 Å². The van der Waals surface area contributed by atoms with Crippen molar-refractivity contribution in [1.29, 1.82) is 0 Å². The molecule has 1 aliphatic heterocycles. The zero-order chi connectivity index (χ0) is 13.3. The standard InChI is InChI=1S/C11H13F3N2S2/c12-11(13,14)8(10(15)17)6-16-3-1-9-7(5-16)2-4-18-9/h2,4,8H,1,3,5-6H2,(H2,15,17). The summed E-state index contributed by atoms with van der Waals surface area (Å²) >= 11 is 6.19. The average molecular weight is 294 g/mol. The minimum Gasteiger partial charge on any atom is -0.393 e. The van der Waals surface area contributed by atoms with Crippen LogP contribution in [-0.2, 0) is 13.0 Å². The van der Waals surface area contributed by atoms with Crippen molar-refractivity contribution in [3.05, 3.63) is 21.9 Å². The maximum atomic E-state index is 12.8. The number of thiophene rings is 1. The first-order valence-electron chi connectivity index (χ1n) is 5.51. The molecule has 0 aliphatic carbocycles. The maximum Gasteiger partial charge on any atom is 0.399 e. The van der Waals surface area contributed by atoms with Gasteiger partial charge in [0.15, 0.2) is 0 Å². The predicted octanol–water partition coefficient (Wildman–Crippen LogP) is 2.57. The third-order valence-electron chi connectivity index (χ3n) is 3.07. The first-order valence-corrected chi connectivity index (χ1v) is 6.80. The number of nitrogens with zero attached hydrogens (tertiary/aromatic N) is 1. The Balaban J connectivity index is 2.04. The Labute approximate surface area is 113 Å². The Morgan fingerprint density at radius 2 is 2.28 bits per heavy atom. The van der Waals surface area contributed by atoms with Crippen molar-refractivity contribution in [3.8, 4) is 0 Å². The van der Waals surface area contributed by atoms with Gasteiger partial charge in [-0.3, -0.25) is 4.90 Å². The first-order chi connectivity index (χ1) is 8.38. The smallest absolute Gasteiger partial charge is 0.393 e. The molecule has 0 fully saturated rings. The van der Waals surface area contributed by atoms with E-state index in [-0.39, 0.29) is 6.54 Å². The fourth-order valence-electron chi connectivity index (χ4n) is 2.08. The molecule has 0 amide bonds. The van der Waals surface area contributed by atoms with Crippen LogP contribution in [0, 0.1) is 5.92 Å². The van der Waals surface area contributed by atoms with Crippen LogP contribution in [0.3, 0.4) is 0 Å². The highest BCUT2D eigenvalue weighted by atomic mass is 32.1. The van der Waals surface area contributed by atoms with E-state index in [1.54, 1.807) is 16.2 Å². The normalized spacial score (nSPS) is 18.4. The third-order valence-corrected chi connectivity index (χ3v) is 4.37. The highest BCUT2D eigenvalue weighted by molar-refractivity contribution is 7.80. The van der Waals surface area contributed by atoms with E-state index < -0.39 is 17.1 Å². The summed E-state index contributed by atoms with van der Waals surface area (Å²) in [5.41, 5.74) is 6.32. The molecule has 1 aliphatic rings. The fourth-order valence-corrected chi connectivity index (χ4v) is 3.17. The van der Waals surface area contributed by atoms with Gasteiger partial charge >= 0.3 is 6.18 Å². The molecule has 1 aromatic heterocycles. The molecule has 0 saturated carbocycles. The zero-order valence-corrected chi connectivity index (χ0v) is 11.2. The summed E-state index contributed by atoms with van der Waals surface area (Å²) in [5, 5.41) is 1.98. The van der Waals surface area contributed by atoms with Gasteiger partial charge in [0.05, 0.1) is 4.99 Å². The number of alkyl halides is 3. The lowest BCUT2D eigenvalue weighted by Crippen LogP contribution is -2.44. The SMILES string of the molecule is NC(=S)C(CN1CCc2sccc2C1)C(F)(F)F. The van der Waals surface area contributed by atoms with E-state index in [2.05, 4.69) is 12.2 Å². The number of nitrogens with two attached hydrogens (primary N) is 1. The Kier molecular flexibility index (Phi) is 3.93. The Bertz CT molecular complexity index is 442. The minimum atomic E-state index is -4.36. The van der Waals surface area contributed by atoms with Crippen LogP contribution in [0.1, 0.15) is 10.4 Å². The van der Waals surface area contributed by atoms with Gasteiger partial charge in [0, 0.05) is 24.5 Å². The van der Waals surface area contributed by atoms with Crippen molar-refractivity contribution in [2.75, 3.05) is 13.1 Å². The van der Waals surface area contributed by atoms with E-state index in [1.165, 1.54) is 4.88 Å². The van der Waals surface area contributed by atoms with Crippen molar-refractivity contribution >= 4 is 28.5 Å². The number of fused-ring (bicyclic) bond motifs is 1. The van der Waals surface area contributed by atoms with E-state index in [0.717, 1.165) is 12.0 Å². The molecule has 0 spiro atoms. The monoisotopic (exact) mass is 294 g/mol. The third kappa shape index (κ3) is 3.02. The molecule has 1 atom stereocenters. The van der Waals surface area contributed by atoms with Crippen molar-refractivity contribution < 1.29 is 13.2 Å². The summed E-state index contributed by atoms with van der Waals surface area (Å²) in [6, 6.07) is 1.97. The van der Waals surface area contributed by atoms with Gasteiger partial charge in [0.2, 0.25) is 0 Å². The van der Waals surface area contributed by atoms with E-state index in [9.17, 15) is 13.2 Å². The lowest BCUT2D eigenvalue weighted by Gasteiger charge is -2.31. The highest BCUT2D eigenvalue weighted by Gasteiger charge is 2.42. The minimum absolute atomic E-state index is 0.145. The summed E-state index contributed by atoms with van der Waals surface area (Å²) < 4.78 is 38.3. The lowest BCUT2D eigenvalue weighted by molar-refractivity contribution is -0.159. The largest absolute Gasteiger partial charge is 0.399 e. The van der Waals surface area contributed by atoms with Crippen LogP contribution in [0.2, 0.25) is 0 Å². The second kappa shape index (κ2) is 5.14. The predicted molar refractivity (Wildman–Crippen MR) is 69.6 cm³/mol. The molecule has 2 heterocycles. The number of hydrogen-bond acceptors (Lipinski definition) is 3. The number of halogens is 3. The molecule has 1 aromatic rings. The topological polar surface area (TPSA) is 29.3 Å². The second-order valence-electron chi connectivity index (χ2n) is 4.35. The molecular formula is C11H13F3N2S2. The summed E-state index contributed by atoms with van der Waals surface area (Å²) in [5.74, 6) is -1.72. The molecule has 2 nitrogen and oxygen atoms in total. The molecule has 0 radical (unpaired) electrons. The van der Waals surface area contributed by atoms with Gasteiger partial charge in [-0.05, 0) is 23.4 Å². The molecule has 0 aromatic carbocycles. The molecule has 0 saturated heterocycles. The Morgan fingerprint density at radius 3 is 2.89 bits per heavy atom. The fraction of sp³-hybridized carbons (Fsp3) is 0.545. The van der Waals surface area contributed by atoms with Gasteiger partial charge in [0.1, 0.15) is 5.92 Å². The molecule has 1 unspecified atom stereocenters. The van der Waals surface area contributed by atoms with E-state index in [1.807, 2.05) is 11.4 Å². The highest BCUT2D eigenvalue weighted by Crippen LogP contribution is 2.30. The second-order valence-corrected chi connectivity index (χ2v) is 5.82. The first kappa shape index (κ1) is 13.8. The summed E-state index contributed by atoms with van der Waals surface area (Å²) in [4.78, 5) is 2.57. The van der Waals surface area contributed by atoms with Crippen LogP contribution >= 0.6 is 23.6 Å². The number of hydrogen-bond donors (Lipinski definition) is 1. The van der Waals surface area contributed by atoms with Crippen LogP contribution in [0.5, 0.6) is 0 Å². The van der Waals surface area contributed by atoms with Crippen molar-refractivity contribution in [2.24, 2.45) is 11.7 Å². The molecule has 0 bridgehead atoms. The lowest BCUT2D eigenvalue weighted by atomic mass is 10.1. The molecule has 100 valence electrons. The average Bonchev–Trinajstić information content (AvgIpc) is 2.70. The Morgan fingerprint density at radius 1 is 1.56 bits per heavy atom. The Hall–Kier alpha value is -0.660. The zero-order valence-electron chi connectivity index (χ0n) is 9.54. The molecule has 2 rings (SSSR count). The van der Waals surface area contributed by atoms with Gasteiger partial charge in [-0.2, -0.15) is 13.2 Å². The van der Waals surface area contributed by atoms with Crippen LogP contribution in [0.4, 0.5) is 13.2 Å². The van der Waals surface area contributed by atoms with E-state index in [0.29, 0.717) is 13.1 Å². The van der Waals surface area contributed by atoms with Gasteiger partial charge in [-0.15, -0.1) is 11.3 Å².